The van der Waals surface area contributed by atoms with Gasteiger partial charge in [-0.05, 0) is 31.5 Å². The Morgan fingerprint density at radius 3 is 2.65 bits per heavy atom. The lowest BCUT2D eigenvalue weighted by atomic mass is 9.99. The maximum absolute atomic E-state index is 5.35. The number of hydrogen-bond donors (Lipinski definition) is 0. The first kappa shape index (κ1) is 14.3. The van der Waals surface area contributed by atoms with Crippen molar-refractivity contribution in [3.63, 3.8) is 0 Å². The molecule has 2 aromatic heterocycles. The highest BCUT2D eigenvalue weighted by Crippen LogP contribution is 2.34. The van der Waals surface area contributed by atoms with Gasteiger partial charge in [-0.2, -0.15) is 0 Å². The highest BCUT2D eigenvalue weighted by atomic mass is 16.5. The van der Waals surface area contributed by atoms with Crippen molar-refractivity contribution < 1.29 is 4.52 Å². The molecule has 1 aromatic carbocycles. The molecule has 0 aliphatic carbocycles. The molecule has 4 nitrogen and oxygen atoms in total. The van der Waals surface area contributed by atoms with E-state index in [1.807, 2.05) is 13.8 Å². The molecule has 1 atom stereocenters. The van der Waals surface area contributed by atoms with Crippen LogP contribution < -0.4 is 0 Å². The molecule has 1 unspecified atom stereocenters. The molecule has 1 aliphatic rings. The molecule has 118 valence electrons. The van der Waals surface area contributed by atoms with E-state index in [4.69, 9.17) is 4.52 Å². The van der Waals surface area contributed by atoms with Crippen LogP contribution in [0.15, 0.2) is 53.2 Å². The maximum atomic E-state index is 5.35. The summed E-state index contributed by atoms with van der Waals surface area (Å²) in [6, 6.07) is 15.4. The van der Waals surface area contributed by atoms with Crippen LogP contribution in [0.3, 0.4) is 0 Å². The van der Waals surface area contributed by atoms with Gasteiger partial charge in [0.05, 0.1) is 11.7 Å². The number of rotatable bonds is 3. The van der Waals surface area contributed by atoms with E-state index in [0.717, 1.165) is 31.1 Å². The zero-order chi connectivity index (χ0) is 15.8. The monoisotopic (exact) mass is 307 g/mol. The normalized spacial score (nSPS) is 18.1. The number of nitrogens with zero attached hydrogens (tertiary/aromatic N) is 3. The second kappa shape index (κ2) is 5.70. The highest BCUT2D eigenvalue weighted by Gasteiger charge is 2.29. The first-order chi connectivity index (χ1) is 11.2. The fourth-order valence-electron chi connectivity index (χ4n) is 3.55. The molecule has 4 heteroatoms. The summed E-state index contributed by atoms with van der Waals surface area (Å²) in [5.41, 5.74) is 4.90. The Balaban J connectivity index is 1.74. The number of benzene rings is 1. The van der Waals surface area contributed by atoms with Crippen molar-refractivity contribution in [2.75, 3.05) is 6.54 Å². The van der Waals surface area contributed by atoms with Gasteiger partial charge in [-0.1, -0.05) is 35.5 Å². The van der Waals surface area contributed by atoms with Crippen molar-refractivity contribution in [1.29, 1.82) is 0 Å². The zero-order valence-corrected chi connectivity index (χ0v) is 13.6. The lowest BCUT2D eigenvalue weighted by Gasteiger charge is -2.37. The summed E-state index contributed by atoms with van der Waals surface area (Å²) in [4.78, 5) is 2.52. The van der Waals surface area contributed by atoms with Gasteiger partial charge in [-0.25, -0.2) is 0 Å². The first-order valence-corrected chi connectivity index (χ1v) is 8.10. The third-order valence-corrected chi connectivity index (χ3v) is 4.80. The molecule has 0 radical (unpaired) electrons. The molecule has 0 N–H and O–H groups in total. The predicted molar refractivity (Wildman–Crippen MR) is 89.1 cm³/mol. The van der Waals surface area contributed by atoms with Gasteiger partial charge in [-0.3, -0.25) is 4.90 Å². The second-order valence-electron chi connectivity index (χ2n) is 6.21. The van der Waals surface area contributed by atoms with Gasteiger partial charge in [0.2, 0.25) is 0 Å². The van der Waals surface area contributed by atoms with Crippen LogP contribution in [0, 0.1) is 13.8 Å². The Hall–Kier alpha value is -2.33. The minimum atomic E-state index is 0.272. The van der Waals surface area contributed by atoms with E-state index in [9.17, 15) is 0 Å². The molecule has 0 saturated carbocycles. The molecule has 3 heterocycles. The van der Waals surface area contributed by atoms with E-state index in [1.54, 1.807) is 0 Å². The number of aryl methyl sites for hydroxylation is 2. The standard InChI is InChI=1S/C19H21N3O/c1-14-17(15(2)23-20-14)13-22-12-11-21-10-6-9-18(21)19(22)16-7-4-3-5-8-16/h3-10,19H,11-13H2,1-2H3. The van der Waals surface area contributed by atoms with Crippen molar-refractivity contribution in [3.8, 4) is 0 Å². The second-order valence-corrected chi connectivity index (χ2v) is 6.21. The average Bonchev–Trinajstić information content (AvgIpc) is 3.17. The van der Waals surface area contributed by atoms with Crippen molar-refractivity contribution >= 4 is 0 Å². The van der Waals surface area contributed by atoms with Crippen molar-refractivity contribution in [2.24, 2.45) is 0 Å². The fourth-order valence-corrected chi connectivity index (χ4v) is 3.55. The minimum Gasteiger partial charge on any atom is -0.361 e. The van der Waals surface area contributed by atoms with Crippen LogP contribution in [0.5, 0.6) is 0 Å². The van der Waals surface area contributed by atoms with E-state index >= 15 is 0 Å². The third-order valence-electron chi connectivity index (χ3n) is 4.80. The topological polar surface area (TPSA) is 34.2 Å². The molecule has 0 amide bonds. The Kier molecular flexibility index (Phi) is 3.54. The number of hydrogen-bond acceptors (Lipinski definition) is 3. The molecular formula is C19H21N3O. The van der Waals surface area contributed by atoms with Crippen LogP contribution in [0.4, 0.5) is 0 Å². The van der Waals surface area contributed by atoms with Crippen LogP contribution in [0.2, 0.25) is 0 Å². The van der Waals surface area contributed by atoms with Gasteiger partial charge in [0.15, 0.2) is 0 Å². The SMILES string of the molecule is Cc1noc(C)c1CN1CCn2cccc2C1c1ccccc1. The summed E-state index contributed by atoms with van der Waals surface area (Å²) in [5.74, 6) is 0.926. The fraction of sp³-hybridized carbons (Fsp3) is 0.316. The molecule has 0 saturated heterocycles. The first-order valence-electron chi connectivity index (χ1n) is 8.10. The van der Waals surface area contributed by atoms with Crippen LogP contribution in [0.1, 0.15) is 34.3 Å². The molecule has 4 rings (SSSR count). The number of fused-ring (bicyclic) bond motifs is 1. The minimum absolute atomic E-state index is 0.272. The average molecular weight is 307 g/mol. The Morgan fingerprint density at radius 2 is 1.91 bits per heavy atom. The molecule has 3 aromatic rings. The van der Waals surface area contributed by atoms with Gasteiger partial charge in [0.1, 0.15) is 5.76 Å². The maximum Gasteiger partial charge on any atom is 0.138 e. The molecule has 23 heavy (non-hydrogen) atoms. The van der Waals surface area contributed by atoms with Gasteiger partial charge in [-0.15, -0.1) is 0 Å². The number of aromatic nitrogens is 2. The Morgan fingerprint density at radius 1 is 1.09 bits per heavy atom. The van der Waals surface area contributed by atoms with Crippen LogP contribution in [-0.4, -0.2) is 21.2 Å². The van der Waals surface area contributed by atoms with Gasteiger partial charge in [0.25, 0.3) is 0 Å². The Labute approximate surface area is 136 Å². The molecular weight excluding hydrogens is 286 g/mol. The van der Waals surface area contributed by atoms with Crippen LogP contribution in [-0.2, 0) is 13.1 Å². The van der Waals surface area contributed by atoms with Gasteiger partial charge in [0, 0.05) is 37.1 Å². The molecule has 1 aliphatic heterocycles. The van der Waals surface area contributed by atoms with E-state index in [2.05, 4.69) is 63.3 Å². The quantitative estimate of drug-likeness (QED) is 0.740. The van der Waals surface area contributed by atoms with E-state index in [-0.39, 0.29) is 6.04 Å². The zero-order valence-electron chi connectivity index (χ0n) is 13.6. The molecule has 0 spiro atoms. The summed E-state index contributed by atoms with van der Waals surface area (Å²) < 4.78 is 7.71. The molecule has 0 fully saturated rings. The van der Waals surface area contributed by atoms with Crippen molar-refractivity contribution in [1.82, 2.24) is 14.6 Å². The molecule has 0 bridgehead atoms. The van der Waals surface area contributed by atoms with Gasteiger partial charge < -0.3 is 9.09 Å². The summed E-state index contributed by atoms with van der Waals surface area (Å²) in [7, 11) is 0. The summed E-state index contributed by atoms with van der Waals surface area (Å²) in [6.07, 6.45) is 2.18. The lowest BCUT2D eigenvalue weighted by molar-refractivity contribution is 0.173. The van der Waals surface area contributed by atoms with Gasteiger partial charge >= 0.3 is 0 Å². The van der Waals surface area contributed by atoms with Crippen LogP contribution >= 0.6 is 0 Å². The van der Waals surface area contributed by atoms with E-state index in [0.29, 0.717) is 0 Å². The summed E-state index contributed by atoms with van der Waals surface area (Å²) in [5, 5.41) is 4.11. The van der Waals surface area contributed by atoms with E-state index < -0.39 is 0 Å². The third kappa shape index (κ3) is 2.49. The smallest absolute Gasteiger partial charge is 0.138 e. The van der Waals surface area contributed by atoms with Crippen molar-refractivity contribution in [3.05, 3.63) is 76.9 Å². The van der Waals surface area contributed by atoms with Crippen LogP contribution in [0.25, 0.3) is 0 Å². The summed E-state index contributed by atoms with van der Waals surface area (Å²) >= 11 is 0. The van der Waals surface area contributed by atoms with E-state index in [1.165, 1.54) is 16.8 Å². The Bertz CT molecular complexity index is 784. The largest absolute Gasteiger partial charge is 0.361 e. The summed E-state index contributed by atoms with van der Waals surface area (Å²) in [6.45, 7) is 6.93. The highest BCUT2D eigenvalue weighted by molar-refractivity contribution is 5.31. The lowest BCUT2D eigenvalue weighted by Crippen LogP contribution is -2.38. The predicted octanol–water partition coefficient (Wildman–Crippen LogP) is 3.70. The van der Waals surface area contributed by atoms with Crippen molar-refractivity contribution in [2.45, 2.75) is 33.0 Å².